The highest BCUT2D eigenvalue weighted by Gasteiger charge is 2.30. The number of carbonyl (C=O) groups excluding carboxylic acids is 1. The number of ether oxygens (including phenoxy) is 2. The Morgan fingerprint density at radius 1 is 1.07 bits per heavy atom. The van der Waals surface area contributed by atoms with Crippen LogP contribution in [0.15, 0.2) is 22.7 Å². The molecule has 1 aromatic heterocycles. The van der Waals surface area contributed by atoms with Gasteiger partial charge in [-0.05, 0) is 57.0 Å². The maximum absolute atomic E-state index is 12.9. The van der Waals surface area contributed by atoms with Gasteiger partial charge in [0.05, 0.1) is 6.54 Å². The summed E-state index contributed by atoms with van der Waals surface area (Å²) in [5.74, 6) is 3.69. The Morgan fingerprint density at radius 2 is 1.85 bits per heavy atom. The lowest BCUT2D eigenvalue weighted by Crippen LogP contribution is -2.36. The molecule has 2 aromatic rings. The summed E-state index contributed by atoms with van der Waals surface area (Å²) in [6.45, 7) is 3.48. The number of nitrogens with zero attached hydrogens (tertiary/aromatic N) is 3. The number of fused-ring (bicyclic) bond motifs is 1. The molecule has 7 nitrogen and oxygen atoms in total. The van der Waals surface area contributed by atoms with Gasteiger partial charge in [0.1, 0.15) is 13.2 Å². The van der Waals surface area contributed by atoms with Crippen LogP contribution in [0.3, 0.4) is 0 Å². The van der Waals surface area contributed by atoms with E-state index in [9.17, 15) is 4.79 Å². The number of carbonyl (C=O) groups is 1. The van der Waals surface area contributed by atoms with Crippen LogP contribution in [0.4, 0.5) is 0 Å². The molecule has 27 heavy (non-hydrogen) atoms. The molecule has 142 valence electrons. The molecule has 0 radical (unpaired) electrons. The number of rotatable bonds is 5. The second-order valence-corrected chi connectivity index (χ2v) is 7.59. The quantitative estimate of drug-likeness (QED) is 0.750. The summed E-state index contributed by atoms with van der Waals surface area (Å²) >= 11 is 0. The van der Waals surface area contributed by atoms with Gasteiger partial charge in [0.2, 0.25) is 5.89 Å². The predicted molar refractivity (Wildman–Crippen MR) is 96.0 cm³/mol. The van der Waals surface area contributed by atoms with Crippen molar-refractivity contribution in [2.45, 2.75) is 38.1 Å². The molecule has 2 fully saturated rings. The molecule has 1 saturated heterocycles. The van der Waals surface area contributed by atoms with Gasteiger partial charge >= 0.3 is 0 Å². The van der Waals surface area contributed by atoms with Crippen molar-refractivity contribution in [1.82, 2.24) is 15.0 Å². The largest absolute Gasteiger partial charge is 0.486 e. The number of Topliss-reactive ketones (excluding diaryl/α,β-unsaturated/α-hetero) is 1. The Bertz CT molecular complexity index is 838. The van der Waals surface area contributed by atoms with E-state index < -0.39 is 0 Å². The van der Waals surface area contributed by atoms with Crippen LogP contribution in [-0.2, 0) is 6.54 Å². The highest BCUT2D eigenvalue weighted by atomic mass is 16.6. The van der Waals surface area contributed by atoms with Crippen molar-refractivity contribution in [3.63, 3.8) is 0 Å². The fourth-order valence-corrected chi connectivity index (χ4v) is 3.82. The smallest absolute Gasteiger partial charge is 0.240 e. The SMILES string of the molecule is O=C(c1ccc2c(c1)OCCO2)C1CCN(Cc2nc(C3CC3)no2)CC1. The summed E-state index contributed by atoms with van der Waals surface area (Å²) in [5, 5.41) is 4.07. The summed E-state index contributed by atoms with van der Waals surface area (Å²) in [6, 6.07) is 5.50. The van der Waals surface area contributed by atoms with E-state index in [0.29, 0.717) is 42.9 Å². The van der Waals surface area contributed by atoms with Crippen molar-refractivity contribution in [3.05, 3.63) is 35.5 Å². The van der Waals surface area contributed by atoms with E-state index in [1.165, 1.54) is 12.8 Å². The van der Waals surface area contributed by atoms with Gasteiger partial charge in [0.25, 0.3) is 0 Å². The van der Waals surface area contributed by atoms with Crippen molar-refractivity contribution in [2.24, 2.45) is 5.92 Å². The fourth-order valence-electron chi connectivity index (χ4n) is 3.82. The molecule has 0 N–H and O–H groups in total. The minimum atomic E-state index is 0.0496. The molecule has 1 aliphatic carbocycles. The van der Waals surface area contributed by atoms with Gasteiger partial charge in [0, 0.05) is 17.4 Å². The van der Waals surface area contributed by atoms with E-state index >= 15 is 0 Å². The van der Waals surface area contributed by atoms with Crippen LogP contribution < -0.4 is 9.47 Å². The fraction of sp³-hybridized carbons (Fsp3) is 0.550. The molecule has 0 atom stereocenters. The normalized spacial score (nSPS) is 20.6. The van der Waals surface area contributed by atoms with Crippen molar-refractivity contribution in [2.75, 3.05) is 26.3 Å². The summed E-state index contributed by atoms with van der Waals surface area (Å²) in [7, 11) is 0. The van der Waals surface area contributed by atoms with Gasteiger partial charge in [-0.3, -0.25) is 9.69 Å². The molecule has 1 saturated carbocycles. The molecular formula is C20H23N3O4. The van der Waals surface area contributed by atoms with Crippen LogP contribution in [0.5, 0.6) is 11.5 Å². The zero-order chi connectivity index (χ0) is 18.2. The lowest BCUT2D eigenvalue weighted by Gasteiger charge is -2.30. The Kier molecular flexibility index (Phi) is 4.32. The monoisotopic (exact) mass is 369 g/mol. The Balaban J connectivity index is 1.18. The molecule has 7 heteroatoms. The molecule has 0 amide bonds. The van der Waals surface area contributed by atoms with Gasteiger partial charge in [-0.25, -0.2) is 0 Å². The number of hydrogen-bond donors (Lipinski definition) is 0. The maximum atomic E-state index is 12.9. The molecule has 2 aliphatic heterocycles. The Hall–Kier alpha value is -2.41. The summed E-state index contributed by atoms with van der Waals surface area (Å²) in [4.78, 5) is 19.7. The topological polar surface area (TPSA) is 77.7 Å². The number of ketones is 1. The maximum Gasteiger partial charge on any atom is 0.240 e. The third-order valence-corrected chi connectivity index (χ3v) is 5.57. The van der Waals surface area contributed by atoms with Crippen molar-refractivity contribution < 1.29 is 18.8 Å². The van der Waals surface area contributed by atoms with Crippen LogP contribution in [0.2, 0.25) is 0 Å². The van der Waals surface area contributed by atoms with Crippen LogP contribution in [0, 0.1) is 5.92 Å². The number of hydrogen-bond acceptors (Lipinski definition) is 7. The second-order valence-electron chi connectivity index (χ2n) is 7.59. The molecule has 0 bridgehead atoms. The predicted octanol–water partition coefficient (Wildman–Crippen LogP) is 2.81. The van der Waals surface area contributed by atoms with Gasteiger partial charge in [-0.15, -0.1) is 0 Å². The molecule has 3 heterocycles. The van der Waals surface area contributed by atoms with Crippen molar-refractivity contribution >= 4 is 5.78 Å². The summed E-state index contributed by atoms with van der Waals surface area (Å²) in [6.07, 6.45) is 4.03. The second kappa shape index (κ2) is 6.96. The summed E-state index contributed by atoms with van der Waals surface area (Å²) < 4.78 is 16.5. The number of benzene rings is 1. The van der Waals surface area contributed by atoms with Crippen molar-refractivity contribution in [3.8, 4) is 11.5 Å². The van der Waals surface area contributed by atoms with Crippen LogP contribution >= 0.6 is 0 Å². The Morgan fingerprint density at radius 3 is 2.63 bits per heavy atom. The van der Waals surface area contributed by atoms with Gasteiger partial charge in [0.15, 0.2) is 23.1 Å². The van der Waals surface area contributed by atoms with E-state index in [4.69, 9.17) is 14.0 Å². The minimum absolute atomic E-state index is 0.0496. The molecule has 0 spiro atoms. The molecule has 0 unspecified atom stereocenters. The number of likely N-dealkylation sites (tertiary alicyclic amines) is 1. The first-order chi connectivity index (χ1) is 13.3. The highest BCUT2D eigenvalue weighted by Crippen LogP contribution is 2.38. The van der Waals surface area contributed by atoms with Gasteiger partial charge < -0.3 is 14.0 Å². The first-order valence-corrected chi connectivity index (χ1v) is 9.75. The Labute approximate surface area is 157 Å². The van der Waals surface area contributed by atoms with Crippen LogP contribution in [0.25, 0.3) is 0 Å². The van der Waals surface area contributed by atoms with E-state index in [-0.39, 0.29) is 11.7 Å². The van der Waals surface area contributed by atoms with E-state index in [1.807, 2.05) is 18.2 Å². The van der Waals surface area contributed by atoms with E-state index in [2.05, 4.69) is 15.0 Å². The van der Waals surface area contributed by atoms with Gasteiger partial charge in [-0.2, -0.15) is 4.98 Å². The standard InChI is InChI=1S/C20H23N3O4/c24-19(15-3-4-16-17(11-15)26-10-9-25-16)13-5-7-23(8-6-13)12-18-21-20(22-27-18)14-1-2-14/h3-4,11,13-14H,1-2,5-10,12H2. The molecule has 1 aromatic carbocycles. The molecule has 5 rings (SSSR count). The zero-order valence-corrected chi connectivity index (χ0v) is 15.2. The van der Waals surface area contributed by atoms with E-state index in [0.717, 1.165) is 37.5 Å². The lowest BCUT2D eigenvalue weighted by molar-refractivity contribution is 0.0824. The third-order valence-electron chi connectivity index (χ3n) is 5.57. The highest BCUT2D eigenvalue weighted by molar-refractivity contribution is 5.98. The first kappa shape index (κ1) is 16.7. The zero-order valence-electron chi connectivity index (χ0n) is 15.2. The van der Waals surface area contributed by atoms with E-state index in [1.54, 1.807) is 0 Å². The average Bonchev–Trinajstić information content (AvgIpc) is 3.47. The van der Waals surface area contributed by atoms with Crippen LogP contribution in [-0.4, -0.2) is 47.1 Å². The third kappa shape index (κ3) is 3.56. The molecular weight excluding hydrogens is 346 g/mol. The average molecular weight is 369 g/mol. The van der Waals surface area contributed by atoms with Gasteiger partial charge in [-0.1, -0.05) is 5.16 Å². The first-order valence-electron chi connectivity index (χ1n) is 9.75. The number of aromatic nitrogens is 2. The molecule has 3 aliphatic rings. The minimum Gasteiger partial charge on any atom is -0.486 e. The lowest BCUT2D eigenvalue weighted by atomic mass is 9.88. The van der Waals surface area contributed by atoms with Crippen LogP contribution in [0.1, 0.15) is 53.7 Å². The van der Waals surface area contributed by atoms with Crippen molar-refractivity contribution in [1.29, 1.82) is 0 Å². The summed E-state index contributed by atoms with van der Waals surface area (Å²) in [5.41, 5.74) is 0.712. The number of piperidine rings is 1.